The van der Waals surface area contributed by atoms with Crippen LogP contribution in [0.4, 0.5) is 0 Å². The predicted octanol–water partition coefficient (Wildman–Crippen LogP) is 2.49. The molecule has 1 aliphatic heterocycles. The third kappa shape index (κ3) is 4.12. The van der Waals surface area contributed by atoms with E-state index in [1.807, 2.05) is 18.2 Å². The minimum Gasteiger partial charge on any atom is -0.395 e. The van der Waals surface area contributed by atoms with E-state index < -0.39 is 0 Å². The molecule has 1 saturated heterocycles. The molecule has 2 aliphatic rings. The Kier molecular flexibility index (Phi) is 5.68. The van der Waals surface area contributed by atoms with Gasteiger partial charge in [-0.25, -0.2) is 0 Å². The van der Waals surface area contributed by atoms with Crippen LogP contribution in [0.25, 0.3) is 0 Å². The number of amides is 1. The van der Waals surface area contributed by atoms with E-state index in [1.54, 1.807) is 0 Å². The van der Waals surface area contributed by atoms with E-state index >= 15 is 0 Å². The molecule has 4 heteroatoms. The Labute approximate surface area is 138 Å². The molecular formula is C19H28N2O2. The van der Waals surface area contributed by atoms with Crippen molar-refractivity contribution < 1.29 is 9.90 Å². The summed E-state index contributed by atoms with van der Waals surface area (Å²) in [5, 5.41) is 12.7. The zero-order valence-corrected chi connectivity index (χ0v) is 13.8. The molecule has 3 rings (SSSR count). The number of aliphatic hydroxyl groups is 1. The summed E-state index contributed by atoms with van der Waals surface area (Å²) in [6.45, 7) is 1.47. The highest BCUT2D eigenvalue weighted by Gasteiger charge is 2.30. The van der Waals surface area contributed by atoms with Gasteiger partial charge >= 0.3 is 0 Å². The number of nitrogens with zero attached hydrogens (tertiary/aromatic N) is 1. The van der Waals surface area contributed by atoms with E-state index in [9.17, 15) is 9.90 Å². The van der Waals surface area contributed by atoms with Gasteiger partial charge in [0.2, 0.25) is 5.91 Å². The van der Waals surface area contributed by atoms with Gasteiger partial charge in [0.05, 0.1) is 19.2 Å². The van der Waals surface area contributed by atoms with Gasteiger partial charge in [-0.2, -0.15) is 0 Å². The number of carbonyl (C=O) groups excluding carboxylic acids is 1. The highest BCUT2D eigenvalue weighted by atomic mass is 16.3. The second-order valence-electron chi connectivity index (χ2n) is 6.95. The number of benzene rings is 1. The summed E-state index contributed by atoms with van der Waals surface area (Å²) in [5.41, 5.74) is 1.22. The fourth-order valence-electron chi connectivity index (χ4n) is 4.14. The number of likely N-dealkylation sites (tertiary alicyclic amines) is 1. The van der Waals surface area contributed by atoms with Crippen molar-refractivity contribution in [2.45, 2.75) is 50.6 Å². The average Bonchev–Trinajstić information content (AvgIpc) is 3.25. The molecule has 23 heavy (non-hydrogen) atoms. The molecule has 2 atom stereocenters. The van der Waals surface area contributed by atoms with Gasteiger partial charge in [-0.15, -0.1) is 0 Å². The summed E-state index contributed by atoms with van der Waals surface area (Å²) in [7, 11) is 0. The molecule has 1 aliphatic carbocycles. The van der Waals surface area contributed by atoms with Gasteiger partial charge in [0.15, 0.2) is 0 Å². The lowest BCUT2D eigenvalue weighted by Crippen LogP contribution is -2.43. The highest BCUT2D eigenvalue weighted by molar-refractivity contribution is 5.78. The summed E-state index contributed by atoms with van der Waals surface area (Å²) >= 11 is 0. The molecule has 1 saturated carbocycles. The molecule has 1 aromatic rings. The van der Waals surface area contributed by atoms with Crippen molar-refractivity contribution in [3.05, 3.63) is 35.9 Å². The lowest BCUT2D eigenvalue weighted by atomic mass is 9.91. The Bertz CT molecular complexity index is 499. The first-order chi connectivity index (χ1) is 11.3. The predicted molar refractivity (Wildman–Crippen MR) is 91.0 cm³/mol. The van der Waals surface area contributed by atoms with Gasteiger partial charge in [-0.1, -0.05) is 43.2 Å². The van der Waals surface area contributed by atoms with E-state index in [1.165, 1.54) is 31.2 Å². The number of carbonyl (C=O) groups is 1. The van der Waals surface area contributed by atoms with Gasteiger partial charge in [0.25, 0.3) is 0 Å². The number of hydrogen-bond donors (Lipinski definition) is 2. The highest BCUT2D eigenvalue weighted by Crippen LogP contribution is 2.35. The van der Waals surface area contributed by atoms with Crippen LogP contribution in [0.1, 0.15) is 50.1 Å². The van der Waals surface area contributed by atoms with Crippen LogP contribution in [-0.2, 0) is 4.79 Å². The van der Waals surface area contributed by atoms with Crippen molar-refractivity contribution in [3.63, 3.8) is 0 Å². The molecule has 1 amide bonds. The fraction of sp³-hybridized carbons (Fsp3) is 0.632. The second-order valence-corrected chi connectivity index (χ2v) is 6.95. The van der Waals surface area contributed by atoms with Crippen LogP contribution in [0.3, 0.4) is 0 Å². The summed E-state index contributed by atoms with van der Waals surface area (Å²) in [4.78, 5) is 14.7. The Morgan fingerprint density at radius 3 is 2.61 bits per heavy atom. The summed E-state index contributed by atoms with van der Waals surface area (Å²) in [6.07, 6.45) is 6.99. The third-order valence-corrected chi connectivity index (χ3v) is 5.40. The van der Waals surface area contributed by atoms with Crippen LogP contribution in [0.15, 0.2) is 30.3 Å². The van der Waals surface area contributed by atoms with E-state index in [2.05, 4.69) is 22.3 Å². The molecule has 0 spiro atoms. The van der Waals surface area contributed by atoms with Crippen molar-refractivity contribution in [1.82, 2.24) is 10.2 Å². The van der Waals surface area contributed by atoms with Crippen LogP contribution in [0.2, 0.25) is 0 Å². The lowest BCUT2D eigenvalue weighted by Gasteiger charge is -2.28. The standard InChI is InChI=1S/C19H28N2O2/c22-14-17-11-6-12-21(17)13-18(23)20-19(16-9-4-5-10-16)15-7-2-1-3-8-15/h1-3,7-8,16-17,19,22H,4-6,9-14H2,(H,20,23)/t17-,19?/m0/s1. The number of hydrogen-bond acceptors (Lipinski definition) is 3. The molecule has 2 N–H and O–H groups in total. The van der Waals surface area contributed by atoms with Crippen LogP contribution in [0, 0.1) is 5.92 Å². The third-order valence-electron chi connectivity index (χ3n) is 5.40. The fourth-order valence-corrected chi connectivity index (χ4v) is 4.14. The van der Waals surface area contributed by atoms with E-state index in [0.717, 1.165) is 19.4 Å². The smallest absolute Gasteiger partial charge is 0.234 e. The largest absolute Gasteiger partial charge is 0.395 e. The zero-order valence-electron chi connectivity index (χ0n) is 13.8. The van der Waals surface area contributed by atoms with Crippen LogP contribution < -0.4 is 5.32 Å². The minimum absolute atomic E-state index is 0.0890. The number of rotatable bonds is 6. The van der Waals surface area contributed by atoms with Crippen molar-refractivity contribution >= 4 is 5.91 Å². The summed E-state index contributed by atoms with van der Waals surface area (Å²) in [5.74, 6) is 0.639. The molecule has 1 heterocycles. The van der Waals surface area contributed by atoms with Gasteiger partial charge < -0.3 is 10.4 Å². The molecule has 0 aromatic heterocycles. The molecular weight excluding hydrogens is 288 g/mol. The van der Waals surface area contributed by atoms with Crippen molar-refractivity contribution in [1.29, 1.82) is 0 Å². The van der Waals surface area contributed by atoms with Crippen molar-refractivity contribution in [2.75, 3.05) is 19.7 Å². The molecule has 2 fully saturated rings. The quantitative estimate of drug-likeness (QED) is 0.848. The normalized spacial score (nSPS) is 24.0. The second kappa shape index (κ2) is 7.93. The summed E-state index contributed by atoms with van der Waals surface area (Å²) < 4.78 is 0. The Balaban J connectivity index is 1.64. The SMILES string of the molecule is O=C(CN1CCC[C@H]1CO)NC(c1ccccc1)C1CCCC1. The average molecular weight is 316 g/mol. The first-order valence-corrected chi connectivity index (χ1v) is 8.97. The van der Waals surface area contributed by atoms with Crippen LogP contribution >= 0.6 is 0 Å². The van der Waals surface area contributed by atoms with E-state index in [4.69, 9.17) is 0 Å². The minimum atomic E-state index is 0.0890. The van der Waals surface area contributed by atoms with Gasteiger partial charge in [0.1, 0.15) is 0 Å². The Morgan fingerprint density at radius 2 is 1.91 bits per heavy atom. The monoisotopic (exact) mass is 316 g/mol. The molecule has 4 nitrogen and oxygen atoms in total. The molecule has 0 radical (unpaired) electrons. The molecule has 1 unspecified atom stereocenters. The topological polar surface area (TPSA) is 52.6 Å². The molecule has 126 valence electrons. The van der Waals surface area contributed by atoms with Gasteiger partial charge in [-0.3, -0.25) is 9.69 Å². The zero-order chi connectivity index (χ0) is 16.1. The van der Waals surface area contributed by atoms with Gasteiger partial charge in [-0.05, 0) is 43.7 Å². The summed E-state index contributed by atoms with van der Waals surface area (Å²) in [6, 6.07) is 10.6. The first-order valence-electron chi connectivity index (χ1n) is 8.97. The van der Waals surface area contributed by atoms with Crippen LogP contribution in [0.5, 0.6) is 0 Å². The lowest BCUT2D eigenvalue weighted by molar-refractivity contribution is -0.123. The van der Waals surface area contributed by atoms with E-state index in [-0.39, 0.29) is 24.6 Å². The molecule has 1 aromatic carbocycles. The molecule has 0 bridgehead atoms. The van der Waals surface area contributed by atoms with E-state index in [0.29, 0.717) is 12.5 Å². The van der Waals surface area contributed by atoms with Crippen molar-refractivity contribution in [2.24, 2.45) is 5.92 Å². The van der Waals surface area contributed by atoms with Gasteiger partial charge in [0, 0.05) is 6.04 Å². The maximum Gasteiger partial charge on any atom is 0.234 e. The van der Waals surface area contributed by atoms with Crippen molar-refractivity contribution in [3.8, 4) is 0 Å². The number of aliphatic hydroxyl groups excluding tert-OH is 1. The first kappa shape index (κ1) is 16.5. The van der Waals surface area contributed by atoms with Crippen LogP contribution in [-0.4, -0.2) is 41.7 Å². The maximum absolute atomic E-state index is 12.6. The maximum atomic E-state index is 12.6. The number of nitrogens with one attached hydrogen (secondary N) is 1. The Morgan fingerprint density at radius 1 is 1.17 bits per heavy atom. The Hall–Kier alpha value is -1.39.